The van der Waals surface area contributed by atoms with Gasteiger partial charge in [0.1, 0.15) is 0 Å². The topological polar surface area (TPSA) is 105 Å². The minimum atomic E-state index is -0.305. The molecule has 9 heteroatoms. The maximum Gasteiger partial charge on any atom is 0.255 e. The summed E-state index contributed by atoms with van der Waals surface area (Å²) in [7, 11) is 1.66. The average molecular weight is 519 g/mol. The fraction of sp³-hybridized carbons (Fsp3) is 0.250. The number of aromatic amines is 1. The zero-order valence-corrected chi connectivity index (χ0v) is 21.0. The largest absolute Gasteiger partial charge is 0.381 e. The summed E-state index contributed by atoms with van der Waals surface area (Å²) in [5, 5.41) is 7.64. The monoisotopic (exact) mass is 518 g/mol. The van der Waals surface area contributed by atoms with Gasteiger partial charge >= 0.3 is 0 Å². The van der Waals surface area contributed by atoms with Crippen LogP contribution in [0.4, 0.5) is 0 Å². The second-order valence-electron chi connectivity index (χ2n) is 9.18. The van der Waals surface area contributed by atoms with Crippen LogP contribution in [0.5, 0.6) is 0 Å². The van der Waals surface area contributed by atoms with E-state index in [0.717, 1.165) is 17.3 Å². The highest BCUT2D eigenvalue weighted by molar-refractivity contribution is 6.35. The van der Waals surface area contributed by atoms with E-state index < -0.39 is 0 Å². The van der Waals surface area contributed by atoms with Crippen LogP contribution in [0.2, 0.25) is 5.02 Å². The predicted molar refractivity (Wildman–Crippen MR) is 143 cm³/mol. The summed E-state index contributed by atoms with van der Waals surface area (Å²) in [6.07, 6.45) is 5.38. The van der Waals surface area contributed by atoms with Crippen molar-refractivity contribution >= 4 is 34.3 Å². The molecule has 8 nitrogen and oxygen atoms in total. The third-order valence-electron chi connectivity index (χ3n) is 6.89. The van der Waals surface area contributed by atoms with Crippen LogP contribution in [0.1, 0.15) is 40.0 Å². The molecular weight excluding hydrogens is 492 g/mol. The molecule has 190 valence electrons. The Kier molecular flexibility index (Phi) is 7.12. The van der Waals surface area contributed by atoms with E-state index in [4.69, 9.17) is 16.3 Å². The van der Waals surface area contributed by atoms with Gasteiger partial charge in [-0.25, -0.2) is 0 Å². The second-order valence-corrected chi connectivity index (χ2v) is 9.59. The SMILES string of the molecule is CO[C@H]1CC[C@H](NC(=O)c2ccc(-n3ccccc3=O)cc2)[C@H](NC(=O)c2ccc3c(Cl)c[nH]c3c2)C1. The number of nitrogens with one attached hydrogen (secondary N) is 3. The lowest BCUT2D eigenvalue weighted by molar-refractivity contribution is 0.0444. The van der Waals surface area contributed by atoms with Crippen molar-refractivity contribution in [3.05, 3.63) is 99.6 Å². The number of carbonyl (C=O) groups excluding carboxylic acids is 2. The number of pyridine rings is 1. The molecule has 37 heavy (non-hydrogen) atoms. The zero-order valence-electron chi connectivity index (χ0n) is 20.2. The van der Waals surface area contributed by atoms with Gasteiger partial charge in [-0.1, -0.05) is 23.7 Å². The molecule has 0 unspecified atom stereocenters. The number of carbonyl (C=O) groups is 2. The van der Waals surface area contributed by atoms with Gasteiger partial charge in [0.25, 0.3) is 17.4 Å². The van der Waals surface area contributed by atoms with Gasteiger partial charge in [0.05, 0.1) is 17.2 Å². The molecule has 4 aromatic rings. The van der Waals surface area contributed by atoms with Crippen molar-refractivity contribution in [2.75, 3.05) is 7.11 Å². The molecule has 2 heterocycles. The van der Waals surface area contributed by atoms with E-state index in [1.807, 2.05) is 6.07 Å². The molecule has 0 aliphatic heterocycles. The van der Waals surface area contributed by atoms with Crippen LogP contribution >= 0.6 is 11.6 Å². The highest BCUT2D eigenvalue weighted by Gasteiger charge is 2.33. The second kappa shape index (κ2) is 10.6. The van der Waals surface area contributed by atoms with Gasteiger partial charge in [0, 0.05) is 59.3 Å². The first kappa shape index (κ1) is 24.8. The molecule has 0 bridgehead atoms. The molecule has 0 saturated heterocycles. The molecule has 2 aromatic heterocycles. The Bertz CT molecular complexity index is 1490. The minimum absolute atomic E-state index is 0.00777. The molecule has 1 saturated carbocycles. The average Bonchev–Trinajstić information content (AvgIpc) is 3.29. The third kappa shape index (κ3) is 5.30. The molecule has 0 radical (unpaired) electrons. The Morgan fingerprint density at radius 1 is 0.973 bits per heavy atom. The van der Waals surface area contributed by atoms with E-state index in [2.05, 4.69) is 15.6 Å². The van der Waals surface area contributed by atoms with Crippen LogP contribution in [-0.4, -0.2) is 46.7 Å². The predicted octanol–water partition coefficient (Wildman–Crippen LogP) is 4.07. The highest BCUT2D eigenvalue weighted by atomic mass is 35.5. The maximum atomic E-state index is 13.1. The number of rotatable bonds is 6. The van der Waals surface area contributed by atoms with Gasteiger partial charge in [-0.15, -0.1) is 0 Å². The molecule has 5 rings (SSSR count). The van der Waals surface area contributed by atoms with Gasteiger partial charge < -0.3 is 20.4 Å². The Labute approximate surface area is 218 Å². The Morgan fingerprint density at radius 3 is 2.46 bits per heavy atom. The van der Waals surface area contributed by atoms with Crippen LogP contribution in [0.25, 0.3) is 16.6 Å². The van der Waals surface area contributed by atoms with E-state index in [1.54, 1.807) is 68.0 Å². The number of ether oxygens (including phenoxy) is 1. The van der Waals surface area contributed by atoms with Gasteiger partial charge in [-0.3, -0.25) is 19.0 Å². The van der Waals surface area contributed by atoms with Crippen LogP contribution in [-0.2, 0) is 4.74 Å². The van der Waals surface area contributed by atoms with Gasteiger partial charge in [0.15, 0.2) is 0 Å². The van der Waals surface area contributed by atoms with Crippen molar-refractivity contribution in [2.45, 2.75) is 37.5 Å². The lowest BCUT2D eigenvalue weighted by atomic mass is 9.87. The lowest BCUT2D eigenvalue weighted by Gasteiger charge is -2.36. The number of nitrogens with zero attached hydrogens (tertiary/aromatic N) is 1. The summed E-state index contributed by atoms with van der Waals surface area (Å²) in [4.78, 5) is 41.4. The highest BCUT2D eigenvalue weighted by Crippen LogP contribution is 2.25. The molecule has 0 spiro atoms. The summed E-state index contributed by atoms with van der Waals surface area (Å²) in [5.41, 5.74) is 2.28. The maximum absolute atomic E-state index is 13.1. The number of H-pyrrole nitrogens is 1. The number of amides is 2. The summed E-state index contributed by atoms with van der Waals surface area (Å²) in [5.74, 6) is -0.471. The van der Waals surface area contributed by atoms with Crippen molar-refractivity contribution in [2.24, 2.45) is 0 Å². The van der Waals surface area contributed by atoms with Crippen molar-refractivity contribution in [3.63, 3.8) is 0 Å². The minimum Gasteiger partial charge on any atom is -0.381 e. The van der Waals surface area contributed by atoms with Crippen LogP contribution < -0.4 is 16.2 Å². The Hall–Kier alpha value is -3.88. The quantitative estimate of drug-likeness (QED) is 0.358. The number of hydrogen-bond acceptors (Lipinski definition) is 4. The smallest absolute Gasteiger partial charge is 0.255 e. The standard InChI is InChI=1S/C28H27ClN4O4/c1-37-20-10-12-23(25(15-20)32-28(36)18-7-11-21-22(29)16-30-24(21)14-18)31-27(35)17-5-8-19(9-6-17)33-13-3-2-4-26(33)34/h2-9,11,13-14,16,20,23,25,30H,10,12,15H2,1H3,(H,31,35)(H,32,36)/t20-,23-,25+/m0/s1. The Morgan fingerprint density at radius 2 is 1.70 bits per heavy atom. The first-order valence-electron chi connectivity index (χ1n) is 12.1. The molecule has 2 aromatic carbocycles. The van der Waals surface area contributed by atoms with Crippen LogP contribution in [0, 0.1) is 0 Å². The molecule has 1 aliphatic carbocycles. The van der Waals surface area contributed by atoms with Crippen molar-refractivity contribution in [3.8, 4) is 5.69 Å². The van der Waals surface area contributed by atoms with Crippen LogP contribution in [0.3, 0.4) is 0 Å². The molecule has 1 fully saturated rings. The van der Waals surface area contributed by atoms with Gasteiger partial charge in [0.2, 0.25) is 0 Å². The van der Waals surface area contributed by atoms with E-state index in [0.29, 0.717) is 34.7 Å². The number of hydrogen-bond donors (Lipinski definition) is 3. The molecule has 3 atom stereocenters. The number of methoxy groups -OCH3 is 1. The molecule has 3 N–H and O–H groups in total. The molecule has 1 aliphatic rings. The first-order chi connectivity index (χ1) is 17.9. The summed E-state index contributed by atoms with van der Waals surface area (Å²) < 4.78 is 7.07. The van der Waals surface area contributed by atoms with Crippen molar-refractivity contribution in [1.82, 2.24) is 20.2 Å². The van der Waals surface area contributed by atoms with E-state index >= 15 is 0 Å². The Balaban J connectivity index is 1.30. The number of fused-ring (bicyclic) bond motifs is 1. The normalized spacial score (nSPS) is 19.5. The number of aromatic nitrogens is 2. The van der Waals surface area contributed by atoms with Gasteiger partial charge in [-0.05, 0) is 61.7 Å². The number of benzene rings is 2. The molecule has 2 amide bonds. The summed E-state index contributed by atoms with van der Waals surface area (Å²) in [6.45, 7) is 0. The van der Waals surface area contributed by atoms with E-state index in [-0.39, 0.29) is 35.6 Å². The summed E-state index contributed by atoms with van der Waals surface area (Å²) in [6, 6.07) is 16.5. The lowest BCUT2D eigenvalue weighted by Crippen LogP contribution is -2.55. The fourth-order valence-corrected chi connectivity index (χ4v) is 5.05. The van der Waals surface area contributed by atoms with E-state index in [9.17, 15) is 14.4 Å². The third-order valence-corrected chi connectivity index (χ3v) is 7.20. The summed E-state index contributed by atoms with van der Waals surface area (Å²) >= 11 is 6.16. The fourth-order valence-electron chi connectivity index (χ4n) is 4.83. The van der Waals surface area contributed by atoms with Gasteiger partial charge in [-0.2, -0.15) is 0 Å². The van der Waals surface area contributed by atoms with Crippen molar-refractivity contribution in [1.29, 1.82) is 0 Å². The van der Waals surface area contributed by atoms with Crippen molar-refractivity contribution < 1.29 is 14.3 Å². The molecular formula is C28H27ClN4O4. The van der Waals surface area contributed by atoms with Crippen LogP contribution in [0.15, 0.2) is 77.9 Å². The van der Waals surface area contributed by atoms with E-state index in [1.165, 1.54) is 10.6 Å². The first-order valence-corrected chi connectivity index (χ1v) is 12.5. The number of halogens is 1. The zero-order chi connectivity index (χ0) is 25.9.